The van der Waals surface area contributed by atoms with Crippen LogP contribution in [0.3, 0.4) is 0 Å². The number of hydrogen-bond acceptors (Lipinski definition) is 12. The maximum atomic E-state index is 13.5. The minimum absolute atomic E-state index is 0.227. The molecule has 404 valence electrons. The van der Waals surface area contributed by atoms with Gasteiger partial charge in [-0.05, 0) is 85.5 Å². The minimum Gasteiger partial charge on any atom is -0.406 e. The van der Waals surface area contributed by atoms with Crippen molar-refractivity contribution in [3.8, 4) is 0 Å². The molecule has 0 spiro atoms. The fraction of sp³-hybridized carbons (Fsp3) is 0.290. The van der Waals surface area contributed by atoms with Gasteiger partial charge in [-0.1, -0.05) is 146 Å². The van der Waals surface area contributed by atoms with E-state index in [1.165, 1.54) is 43.2 Å². The zero-order valence-corrected chi connectivity index (χ0v) is 44.0. The van der Waals surface area contributed by atoms with E-state index in [1.54, 1.807) is 24.3 Å². The van der Waals surface area contributed by atoms with Crippen LogP contribution in [0.4, 0.5) is 0 Å². The Hall–Kier alpha value is -8.28. The van der Waals surface area contributed by atoms with E-state index in [4.69, 9.17) is 19.4 Å². The van der Waals surface area contributed by atoms with E-state index in [0.29, 0.717) is 78.5 Å². The Morgan fingerprint density at radius 3 is 0.692 bits per heavy atom. The molecule has 1 saturated heterocycles. The SMILES string of the molecule is O=c1cccc(CN2CCCN(Cc3cccc(=O)n3OCc3ccccc3)CCN(Cc3cccc(=O)n3OCc3ccccc3)CCCN(Cc3cccc(=O)n3OCc3ccccc3)CC2)n1OCc1ccccc1. The molecule has 1 aliphatic rings. The Morgan fingerprint density at radius 2 is 0.474 bits per heavy atom. The monoisotopic (exact) mass is 1050 g/mol. The van der Waals surface area contributed by atoms with Gasteiger partial charge in [-0.15, -0.1) is 18.9 Å². The standard InChI is InChI=1S/C62H68N8O8/c71-59-31-13-27-55(67(59)75-47-51-19-5-1-6-20-51)43-63-35-17-36-65(45-57-29-15-33-61(73)69(57)77-49-53-23-9-3-10-24-53)41-42-66(46-58-30-16-34-62(74)70(58)78-50-54-25-11-4-12-26-54)38-18-37-64(40-39-63)44-56-28-14-32-60(72)68(56)76-48-52-21-7-2-8-22-52/h1-16,19-34H,17-18,35-50H2. The Morgan fingerprint density at radius 1 is 0.256 bits per heavy atom. The van der Waals surface area contributed by atoms with Gasteiger partial charge in [0.2, 0.25) is 0 Å². The summed E-state index contributed by atoms with van der Waals surface area (Å²) in [5.74, 6) is 0. The summed E-state index contributed by atoms with van der Waals surface area (Å²) < 4.78 is 5.64. The molecule has 1 fully saturated rings. The highest BCUT2D eigenvalue weighted by Gasteiger charge is 2.21. The number of benzene rings is 4. The quantitative estimate of drug-likeness (QED) is 0.0893. The van der Waals surface area contributed by atoms with Gasteiger partial charge in [0, 0.05) is 76.6 Å². The lowest BCUT2D eigenvalue weighted by molar-refractivity contribution is 0.0659. The van der Waals surface area contributed by atoms with Crippen molar-refractivity contribution in [3.05, 3.63) is 281 Å². The first-order chi connectivity index (χ1) is 38.3. The lowest BCUT2D eigenvalue weighted by atomic mass is 10.2. The van der Waals surface area contributed by atoms with E-state index in [1.807, 2.05) is 146 Å². The van der Waals surface area contributed by atoms with Gasteiger partial charge >= 0.3 is 0 Å². The van der Waals surface area contributed by atoms with Crippen molar-refractivity contribution >= 4 is 0 Å². The van der Waals surface area contributed by atoms with Crippen LogP contribution < -0.4 is 41.6 Å². The fourth-order valence-corrected chi connectivity index (χ4v) is 9.58. The van der Waals surface area contributed by atoms with Gasteiger partial charge in [0.25, 0.3) is 22.2 Å². The summed E-state index contributed by atoms with van der Waals surface area (Å²) in [6.45, 7) is 7.75. The van der Waals surface area contributed by atoms with Crippen LogP contribution in [0.25, 0.3) is 0 Å². The number of pyridine rings is 4. The van der Waals surface area contributed by atoms with E-state index >= 15 is 0 Å². The van der Waals surface area contributed by atoms with E-state index in [2.05, 4.69) is 19.6 Å². The molecule has 0 bridgehead atoms. The highest BCUT2D eigenvalue weighted by molar-refractivity contribution is 5.17. The van der Waals surface area contributed by atoms with Crippen molar-refractivity contribution in [3.63, 3.8) is 0 Å². The van der Waals surface area contributed by atoms with Crippen molar-refractivity contribution in [1.82, 2.24) is 38.5 Å². The molecule has 0 amide bonds. The maximum Gasteiger partial charge on any atom is 0.283 e. The highest BCUT2D eigenvalue weighted by Crippen LogP contribution is 2.14. The molecule has 78 heavy (non-hydrogen) atoms. The van der Waals surface area contributed by atoms with Gasteiger partial charge < -0.3 is 19.4 Å². The smallest absolute Gasteiger partial charge is 0.283 e. The van der Waals surface area contributed by atoms with Gasteiger partial charge in [-0.2, -0.15) is 0 Å². The molecular weight excluding hydrogens is 985 g/mol. The van der Waals surface area contributed by atoms with Crippen LogP contribution in [0.15, 0.2) is 213 Å². The van der Waals surface area contributed by atoms with Crippen LogP contribution in [0.1, 0.15) is 57.9 Å². The first-order valence-corrected chi connectivity index (χ1v) is 26.7. The van der Waals surface area contributed by atoms with Crippen LogP contribution in [0.2, 0.25) is 0 Å². The predicted molar refractivity (Wildman–Crippen MR) is 300 cm³/mol. The molecular formula is C62H68N8O8. The van der Waals surface area contributed by atoms with Crippen LogP contribution in [-0.4, -0.2) is 90.9 Å². The van der Waals surface area contributed by atoms with Crippen LogP contribution in [-0.2, 0) is 52.6 Å². The third kappa shape index (κ3) is 15.9. The first kappa shape index (κ1) is 54.5. The van der Waals surface area contributed by atoms with Gasteiger partial charge in [-0.3, -0.25) is 38.8 Å². The third-order valence-corrected chi connectivity index (χ3v) is 13.7. The number of nitrogens with zero attached hydrogens (tertiary/aromatic N) is 8. The number of aromatic nitrogens is 4. The molecule has 5 heterocycles. The van der Waals surface area contributed by atoms with Gasteiger partial charge in [0.05, 0.1) is 22.8 Å². The molecule has 16 nitrogen and oxygen atoms in total. The fourth-order valence-electron chi connectivity index (χ4n) is 9.58. The third-order valence-electron chi connectivity index (χ3n) is 13.7. The molecule has 0 atom stereocenters. The first-order valence-electron chi connectivity index (χ1n) is 26.7. The summed E-state index contributed by atoms with van der Waals surface area (Å²) in [6, 6.07) is 60.1. The van der Waals surface area contributed by atoms with Crippen LogP contribution >= 0.6 is 0 Å². The van der Waals surface area contributed by atoms with Crippen molar-refractivity contribution in [2.45, 2.75) is 65.4 Å². The van der Waals surface area contributed by atoms with E-state index in [-0.39, 0.29) is 48.7 Å². The maximum absolute atomic E-state index is 13.5. The summed E-state index contributed by atoms with van der Waals surface area (Å²) in [6.07, 6.45) is 1.47. The molecule has 0 aliphatic carbocycles. The number of rotatable bonds is 20. The van der Waals surface area contributed by atoms with E-state index < -0.39 is 0 Å². The second-order valence-corrected chi connectivity index (χ2v) is 19.4. The van der Waals surface area contributed by atoms with Crippen molar-refractivity contribution < 1.29 is 19.4 Å². The zero-order chi connectivity index (χ0) is 53.7. The molecule has 0 radical (unpaired) electrons. The van der Waals surface area contributed by atoms with Crippen LogP contribution in [0, 0.1) is 0 Å². The molecule has 1 aliphatic heterocycles. The van der Waals surface area contributed by atoms with Crippen molar-refractivity contribution in [1.29, 1.82) is 0 Å². The molecule has 16 heteroatoms. The molecule has 0 saturated carbocycles. The van der Waals surface area contributed by atoms with E-state index in [9.17, 15) is 19.2 Å². The molecule has 9 rings (SSSR count). The van der Waals surface area contributed by atoms with Gasteiger partial charge in [0.1, 0.15) is 26.4 Å². The second kappa shape index (κ2) is 28.2. The van der Waals surface area contributed by atoms with Crippen molar-refractivity contribution in [2.24, 2.45) is 0 Å². The van der Waals surface area contributed by atoms with Crippen molar-refractivity contribution in [2.75, 3.05) is 52.4 Å². The zero-order valence-electron chi connectivity index (χ0n) is 44.0. The summed E-state index contributed by atoms with van der Waals surface area (Å²) in [5.41, 5.74) is 5.68. The lowest BCUT2D eigenvalue weighted by Crippen LogP contribution is -2.43. The Kier molecular flexibility index (Phi) is 19.7. The summed E-state index contributed by atoms with van der Waals surface area (Å²) >= 11 is 0. The summed E-state index contributed by atoms with van der Waals surface area (Å²) in [5, 5.41) is 0. The Bertz CT molecular complexity index is 2910. The molecule has 4 aromatic heterocycles. The topological polar surface area (TPSA) is 138 Å². The van der Waals surface area contributed by atoms with Crippen LogP contribution in [0.5, 0.6) is 0 Å². The molecule has 8 aromatic rings. The van der Waals surface area contributed by atoms with Gasteiger partial charge in [-0.25, -0.2) is 0 Å². The van der Waals surface area contributed by atoms with E-state index in [0.717, 1.165) is 57.9 Å². The summed E-state index contributed by atoms with van der Waals surface area (Å²) in [7, 11) is 0. The predicted octanol–water partition coefficient (Wildman–Crippen LogP) is 5.95. The average Bonchev–Trinajstić information content (AvgIpc) is 3.46. The highest BCUT2D eigenvalue weighted by atomic mass is 16.7. The normalized spacial score (nSPS) is 14.6. The second-order valence-electron chi connectivity index (χ2n) is 19.4. The largest absolute Gasteiger partial charge is 0.406 e. The molecule has 0 N–H and O–H groups in total. The number of hydrogen-bond donors (Lipinski definition) is 0. The lowest BCUT2D eigenvalue weighted by Gasteiger charge is -2.33. The Labute approximate surface area is 454 Å². The average molecular weight is 1050 g/mol. The molecule has 4 aromatic carbocycles. The minimum atomic E-state index is -0.251. The van der Waals surface area contributed by atoms with Gasteiger partial charge in [0.15, 0.2) is 0 Å². The molecule has 0 unspecified atom stereocenters. The Balaban J connectivity index is 1.01. The summed E-state index contributed by atoms with van der Waals surface area (Å²) in [4.78, 5) is 88.4.